The largest absolute Gasteiger partial charge is 0.389 e. The van der Waals surface area contributed by atoms with E-state index in [9.17, 15) is 0 Å². The number of rotatable bonds is 4. The quantitative estimate of drug-likeness (QED) is 0.520. The summed E-state index contributed by atoms with van der Waals surface area (Å²) < 4.78 is 10.2. The van der Waals surface area contributed by atoms with Crippen molar-refractivity contribution < 1.29 is 9.05 Å². The van der Waals surface area contributed by atoms with Crippen LogP contribution in [0.4, 0.5) is 0 Å². The summed E-state index contributed by atoms with van der Waals surface area (Å²) in [5.74, 6) is 0. The minimum Gasteiger partial charge on any atom is -0.184 e. The molecule has 0 atom stereocenters. The van der Waals surface area contributed by atoms with E-state index in [2.05, 4.69) is 24.5 Å². The molecule has 0 unspecified atom stereocenters. The van der Waals surface area contributed by atoms with Crippen molar-refractivity contribution in [1.29, 1.82) is 0 Å². The molecular formula is C4H12O2PS2+. The molecule has 0 aliphatic carbocycles. The van der Waals surface area contributed by atoms with Gasteiger partial charge in [0, 0.05) is 0 Å². The highest BCUT2D eigenvalue weighted by molar-refractivity contribution is 8.82. The van der Waals surface area contributed by atoms with Gasteiger partial charge in [0.25, 0.3) is 0 Å². The number of hydrogen-bond acceptors (Lipinski definition) is 4. The van der Waals surface area contributed by atoms with Gasteiger partial charge in [0.1, 0.15) is 0 Å². The third-order valence-corrected chi connectivity index (χ3v) is 3.17. The second-order valence-electron chi connectivity index (χ2n) is 1.33. The van der Waals surface area contributed by atoms with E-state index < -0.39 is 6.12 Å². The standard InChI is InChI=1S/C4H12O2PS2/c1-3-5-7(8,9)6-4-2/h8-9H,3-4H2,1-2H3/q+1. The van der Waals surface area contributed by atoms with Crippen molar-refractivity contribution in [3.63, 3.8) is 0 Å². The van der Waals surface area contributed by atoms with Crippen LogP contribution in [0.1, 0.15) is 13.8 Å². The Balaban J connectivity index is 3.43. The maximum Gasteiger partial charge on any atom is 0.389 e. The summed E-state index contributed by atoms with van der Waals surface area (Å²) in [6.45, 7) is 4.97. The Hall–Kier alpha value is 1.05. The average molecular weight is 187 g/mol. The lowest BCUT2D eigenvalue weighted by atomic mass is 10.9. The lowest BCUT2D eigenvalue weighted by molar-refractivity contribution is 0.278. The smallest absolute Gasteiger partial charge is 0.184 e. The van der Waals surface area contributed by atoms with Crippen molar-refractivity contribution in [2.24, 2.45) is 0 Å². The van der Waals surface area contributed by atoms with E-state index in [4.69, 9.17) is 9.05 Å². The fraction of sp³-hybridized carbons (Fsp3) is 1.00. The molecule has 0 fully saturated rings. The van der Waals surface area contributed by atoms with Crippen LogP contribution in [0.3, 0.4) is 0 Å². The molecule has 0 heterocycles. The van der Waals surface area contributed by atoms with Crippen LogP contribution in [0.2, 0.25) is 0 Å². The molecule has 0 aromatic rings. The van der Waals surface area contributed by atoms with E-state index in [1.165, 1.54) is 0 Å². The summed E-state index contributed by atoms with van der Waals surface area (Å²) in [7, 11) is 0. The van der Waals surface area contributed by atoms with E-state index in [1.807, 2.05) is 13.8 Å². The molecule has 9 heavy (non-hydrogen) atoms. The van der Waals surface area contributed by atoms with Crippen LogP contribution in [0.15, 0.2) is 0 Å². The predicted molar refractivity (Wildman–Crippen MR) is 48.1 cm³/mol. The molecule has 0 saturated heterocycles. The molecule has 0 aromatic heterocycles. The first kappa shape index (κ1) is 10.0. The maximum absolute atomic E-state index is 5.09. The molecule has 0 aromatic carbocycles. The lowest BCUT2D eigenvalue weighted by Gasteiger charge is -2.08. The zero-order chi connectivity index (χ0) is 7.33. The van der Waals surface area contributed by atoms with Gasteiger partial charge in [-0.2, -0.15) is 9.05 Å². The molecule has 5 heteroatoms. The Labute approximate surface area is 67.1 Å². The Bertz CT molecular complexity index is 71.0. The highest BCUT2D eigenvalue weighted by atomic mass is 33.1. The van der Waals surface area contributed by atoms with Gasteiger partial charge in [-0.15, -0.1) is 0 Å². The molecule has 0 rings (SSSR count). The molecule has 2 nitrogen and oxygen atoms in total. The molecule has 0 spiro atoms. The van der Waals surface area contributed by atoms with Gasteiger partial charge in [-0.1, -0.05) is 0 Å². The SMILES string of the molecule is CCO[P+](S)(S)OCC. The molecule has 0 amide bonds. The Morgan fingerprint density at radius 3 is 1.67 bits per heavy atom. The summed E-state index contributed by atoms with van der Waals surface area (Å²) in [6, 6.07) is 0. The Morgan fingerprint density at radius 2 is 1.44 bits per heavy atom. The molecule has 0 N–H and O–H groups in total. The van der Waals surface area contributed by atoms with E-state index >= 15 is 0 Å². The fourth-order valence-electron chi connectivity index (χ4n) is 0.374. The number of thiol groups is 2. The van der Waals surface area contributed by atoms with Gasteiger partial charge < -0.3 is 0 Å². The fourth-order valence-corrected chi connectivity index (χ4v) is 2.51. The van der Waals surface area contributed by atoms with Gasteiger partial charge in [0.2, 0.25) is 0 Å². The second-order valence-corrected chi connectivity index (χ2v) is 6.93. The molecule has 0 radical (unpaired) electrons. The molecule has 56 valence electrons. The van der Waals surface area contributed by atoms with Gasteiger partial charge in [0.05, 0.1) is 37.7 Å². The van der Waals surface area contributed by atoms with Gasteiger partial charge in [0.15, 0.2) is 0 Å². The summed E-state index contributed by atoms with van der Waals surface area (Å²) in [4.78, 5) is 0. The van der Waals surface area contributed by atoms with Crippen LogP contribution >= 0.6 is 30.6 Å². The topological polar surface area (TPSA) is 18.5 Å². The van der Waals surface area contributed by atoms with Crippen molar-refractivity contribution in [3.05, 3.63) is 0 Å². The van der Waals surface area contributed by atoms with Crippen LogP contribution in [0, 0.1) is 0 Å². The molecule has 0 aliphatic heterocycles. The van der Waals surface area contributed by atoms with Crippen LogP contribution in [0.25, 0.3) is 0 Å². The second kappa shape index (κ2) is 4.80. The van der Waals surface area contributed by atoms with Gasteiger partial charge in [-0.25, -0.2) is 0 Å². The molecule has 0 aliphatic rings. The summed E-state index contributed by atoms with van der Waals surface area (Å²) in [5.41, 5.74) is 0. The summed E-state index contributed by atoms with van der Waals surface area (Å²) in [6.07, 6.45) is -2.05. The minimum atomic E-state index is -2.05. The van der Waals surface area contributed by atoms with E-state index in [0.29, 0.717) is 13.2 Å². The first-order chi connectivity index (χ1) is 4.12. The zero-order valence-corrected chi connectivity index (χ0v) is 8.26. The summed E-state index contributed by atoms with van der Waals surface area (Å²) in [5, 5.41) is 0. The van der Waals surface area contributed by atoms with Crippen molar-refractivity contribution in [3.8, 4) is 0 Å². The normalized spacial score (nSPS) is 12.0. The third kappa shape index (κ3) is 5.49. The van der Waals surface area contributed by atoms with E-state index in [-0.39, 0.29) is 0 Å². The molecule has 0 saturated carbocycles. The third-order valence-electron chi connectivity index (χ3n) is 0.595. The highest BCUT2D eigenvalue weighted by Gasteiger charge is 2.32. The van der Waals surface area contributed by atoms with Gasteiger partial charge >= 0.3 is 6.12 Å². The van der Waals surface area contributed by atoms with Crippen LogP contribution in [-0.2, 0) is 9.05 Å². The summed E-state index contributed by atoms with van der Waals surface area (Å²) >= 11 is 8.16. The number of hydrogen-bond donors (Lipinski definition) is 2. The van der Waals surface area contributed by atoms with Crippen molar-refractivity contribution in [1.82, 2.24) is 0 Å². The van der Waals surface area contributed by atoms with Gasteiger partial charge in [-0.05, 0) is 13.8 Å². The van der Waals surface area contributed by atoms with E-state index in [1.54, 1.807) is 0 Å². The van der Waals surface area contributed by atoms with Crippen molar-refractivity contribution >= 4 is 30.6 Å². The minimum absolute atomic E-state index is 0.598. The van der Waals surface area contributed by atoms with Crippen molar-refractivity contribution in [2.45, 2.75) is 13.8 Å². The van der Waals surface area contributed by atoms with Crippen LogP contribution in [-0.4, -0.2) is 13.2 Å². The molecular weight excluding hydrogens is 175 g/mol. The lowest BCUT2D eigenvalue weighted by Crippen LogP contribution is -1.90. The maximum atomic E-state index is 5.09. The highest BCUT2D eigenvalue weighted by Crippen LogP contribution is 2.69. The molecule has 0 bridgehead atoms. The predicted octanol–water partition coefficient (Wildman–Crippen LogP) is 2.60. The van der Waals surface area contributed by atoms with Crippen LogP contribution in [0.5, 0.6) is 0 Å². The first-order valence-corrected chi connectivity index (χ1v) is 6.69. The Kier molecular flexibility index (Phi) is 5.36. The Morgan fingerprint density at radius 1 is 1.11 bits per heavy atom. The van der Waals surface area contributed by atoms with E-state index in [0.717, 1.165) is 0 Å². The zero-order valence-electron chi connectivity index (χ0n) is 5.57. The van der Waals surface area contributed by atoms with Crippen molar-refractivity contribution in [2.75, 3.05) is 13.2 Å². The van der Waals surface area contributed by atoms with Gasteiger partial charge in [-0.3, -0.25) is 0 Å². The first-order valence-electron chi connectivity index (χ1n) is 2.76. The van der Waals surface area contributed by atoms with Crippen LogP contribution < -0.4 is 0 Å². The average Bonchev–Trinajstić information content (AvgIpc) is 1.64. The monoisotopic (exact) mass is 187 g/mol.